The van der Waals surface area contributed by atoms with E-state index >= 15 is 0 Å². The molecule has 0 spiro atoms. The van der Waals surface area contributed by atoms with E-state index in [4.69, 9.17) is 42.6 Å². The number of carbonyl (C=O) groups excluding carboxylic acids is 6. The van der Waals surface area contributed by atoms with E-state index < -0.39 is 120 Å². The Labute approximate surface area is 300 Å². The van der Waals surface area contributed by atoms with Gasteiger partial charge in [0.15, 0.2) is 30.0 Å². The molecule has 2 fully saturated rings. The topological polar surface area (TPSA) is 265 Å². The third-order valence-corrected chi connectivity index (χ3v) is 8.55. The van der Waals surface area contributed by atoms with Gasteiger partial charge < -0.3 is 52.8 Å². The zero-order valence-corrected chi connectivity index (χ0v) is 29.6. The van der Waals surface area contributed by atoms with Gasteiger partial charge in [-0.25, -0.2) is 4.57 Å². The molecule has 0 amide bonds. The summed E-state index contributed by atoms with van der Waals surface area (Å²) < 4.78 is 50.5. The molecule has 2 saturated heterocycles. The molecule has 290 valence electrons. The zero-order valence-electron chi connectivity index (χ0n) is 29.6. The Morgan fingerprint density at radius 3 is 1.62 bits per heavy atom. The maximum atomic E-state index is 13.4. The number of nitrogens with zero attached hydrogens (tertiary/aromatic N) is 1. The number of esters is 6. The summed E-state index contributed by atoms with van der Waals surface area (Å²) in [5, 5.41) is 25.0. The Balaban J connectivity index is 2.18. The molecule has 2 N–H and O–H groups in total. The number of benzene rings is 1. The molecule has 4 rings (SSSR count). The average molecular weight is 754 g/mol. The minimum Gasteiger partial charge on any atom is -0.497 e. The van der Waals surface area contributed by atoms with E-state index in [0.717, 1.165) is 41.5 Å². The van der Waals surface area contributed by atoms with Crippen LogP contribution in [0.3, 0.4) is 0 Å². The van der Waals surface area contributed by atoms with Crippen molar-refractivity contribution in [3.8, 4) is 5.75 Å². The van der Waals surface area contributed by atoms with Gasteiger partial charge in [-0.15, -0.1) is 0 Å². The summed E-state index contributed by atoms with van der Waals surface area (Å²) in [5.41, 5.74) is -6.09. The molecule has 10 atom stereocenters. The summed E-state index contributed by atoms with van der Waals surface area (Å²) in [6.45, 7) is 4.19. The van der Waals surface area contributed by atoms with Crippen LogP contribution in [-0.4, -0.2) is 120 Å². The lowest BCUT2D eigenvalue weighted by Crippen LogP contribution is -2.81. The van der Waals surface area contributed by atoms with Crippen LogP contribution in [0.2, 0.25) is 0 Å². The SMILES string of the molecule is COc1ccc([C@]2(O)O[C@H](COC(C)=O)[C@@H](O)[C@H](OC(C)=O)[C@@]2([C@@H]2O[C@H](COC(C)=O)[C@H](OC(C)=O)[C@H](OC(C)=O)[C@H]2OC(C)=O)n2c(=O)c2=O)cc1. The lowest BCUT2D eigenvalue weighted by Gasteiger charge is -2.60. The summed E-state index contributed by atoms with van der Waals surface area (Å²) in [6, 6.07) is 5.08. The van der Waals surface area contributed by atoms with Crippen LogP contribution < -0.4 is 15.9 Å². The van der Waals surface area contributed by atoms with Gasteiger partial charge in [0.1, 0.15) is 43.4 Å². The Hall–Kier alpha value is -5.18. The molecule has 3 heterocycles. The van der Waals surface area contributed by atoms with Crippen LogP contribution in [0.4, 0.5) is 0 Å². The Morgan fingerprint density at radius 2 is 1.17 bits per heavy atom. The van der Waals surface area contributed by atoms with Gasteiger partial charge >= 0.3 is 46.9 Å². The van der Waals surface area contributed by atoms with Crippen molar-refractivity contribution in [2.24, 2.45) is 0 Å². The molecule has 0 radical (unpaired) electrons. The molecule has 0 unspecified atom stereocenters. The largest absolute Gasteiger partial charge is 0.497 e. The van der Waals surface area contributed by atoms with Gasteiger partial charge in [0.05, 0.1) is 7.11 Å². The van der Waals surface area contributed by atoms with Gasteiger partial charge in [-0.3, -0.25) is 38.4 Å². The van der Waals surface area contributed by atoms with Crippen molar-refractivity contribution in [2.75, 3.05) is 20.3 Å². The molecule has 0 aliphatic carbocycles. The van der Waals surface area contributed by atoms with Crippen molar-refractivity contribution in [1.82, 2.24) is 4.57 Å². The first-order valence-corrected chi connectivity index (χ1v) is 16.0. The second-order valence-electron chi connectivity index (χ2n) is 12.2. The van der Waals surface area contributed by atoms with Crippen LogP contribution in [0.15, 0.2) is 33.9 Å². The highest BCUT2D eigenvalue weighted by molar-refractivity contribution is 5.69. The van der Waals surface area contributed by atoms with Gasteiger partial charge in [-0.2, -0.15) is 0 Å². The molecule has 2 aromatic rings. The first kappa shape index (κ1) is 40.6. The van der Waals surface area contributed by atoms with E-state index in [0.29, 0.717) is 4.57 Å². The monoisotopic (exact) mass is 753 g/mol. The summed E-state index contributed by atoms with van der Waals surface area (Å²) in [7, 11) is 1.33. The fraction of sp³-hybridized carbons (Fsp3) is 0.576. The normalized spacial score (nSPS) is 31.1. The van der Waals surface area contributed by atoms with E-state index in [9.17, 15) is 48.6 Å². The van der Waals surface area contributed by atoms with Crippen molar-refractivity contribution in [1.29, 1.82) is 0 Å². The highest BCUT2D eigenvalue weighted by atomic mass is 16.7. The lowest BCUT2D eigenvalue weighted by atomic mass is 9.67. The first-order valence-electron chi connectivity index (χ1n) is 16.0. The molecule has 2 aliphatic heterocycles. The van der Waals surface area contributed by atoms with Crippen LogP contribution in [0, 0.1) is 0 Å². The maximum Gasteiger partial charge on any atom is 0.320 e. The first-order chi connectivity index (χ1) is 24.8. The van der Waals surface area contributed by atoms with Crippen LogP contribution >= 0.6 is 0 Å². The minimum atomic E-state index is -3.20. The molecule has 0 saturated carbocycles. The number of aliphatic hydroxyl groups excluding tert-OH is 1. The summed E-state index contributed by atoms with van der Waals surface area (Å²) in [5.74, 6) is -8.99. The number of ether oxygens (including phenoxy) is 9. The fourth-order valence-electron chi connectivity index (χ4n) is 6.63. The molecule has 1 aromatic heterocycles. The van der Waals surface area contributed by atoms with Crippen LogP contribution in [-0.2, 0) is 78.0 Å². The van der Waals surface area contributed by atoms with Gasteiger partial charge in [-0.1, -0.05) is 0 Å². The van der Waals surface area contributed by atoms with Crippen molar-refractivity contribution in [3.05, 3.63) is 50.5 Å². The van der Waals surface area contributed by atoms with Gasteiger partial charge in [0.25, 0.3) is 0 Å². The molecule has 20 heteroatoms. The Bertz CT molecular complexity index is 1770. The van der Waals surface area contributed by atoms with Crippen LogP contribution in [0.5, 0.6) is 5.75 Å². The number of aliphatic hydroxyl groups is 2. The van der Waals surface area contributed by atoms with Crippen molar-refractivity contribution in [2.45, 2.75) is 102 Å². The number of methoxy groups -OCH3 is 1. The average Bonchev–Trinajstić information content (AvgIpc) is 3.67. The van der Waals surface area contributed by atoms with E-state index in [1.807, 2.05) is 0 Å². The summed E-state index contributed by atoms with van der Waals surface area (Å²) in [4.78, 5) is 101. The second-order valence-corrected chi connectivity index (χ2v) is 12.2. The fourth-order valence-corrected chi connectivity index (χ4v) is 6.63. The third-order valence-electron chi connectivity index (χ3n) is 8.55. The standard InChI is InChI=1S/C33H39NO19/c1-14(35)46-12-22-24(41)28(51-19(6)40)32(34-30(42)31(34)43,33(44,53-22)20-8-10-21(45-7)11-9-20)29-27(50-18(5)39)26(49-17(4)38)25(48-16(3)37)23(52-29)13-47-15(2)36/h8-11,22-29,41,44H,12-13H2,1-7H3/t22-,23-,24-,25+,26+,27-,28+,29-,32+,33+/m1/s1. The van der Waals surface area contributed by atoms with Crippen molar-refractivity contribution in [3.63, 3.8) is 0 Å². The Morgan fingerprint density at radius 1 is 0.698 bits per heavy atom. The zero-order chi connectivity index (χ0) is 39.6. The molecule has 20 nitrogen and oxygen atoms in total. The predicted molar refractivity (Wildman–Crippen MR) is 169 cm³/mol. The van der Waals surface area contributed by atoms with Crippen molar-refractivity contribution < 1.29 is 81.6 Å². The molecule has 0 bridgehead atoms. The van der Waals surface area contributed by atoms with E-state index in [1.165, 1.54) is 31.4 Å². The highest BCUT2D eigenvalue weighted by Crippen LogP contribution is 2.55. The lowest BCUT2D eigenvalue weighted by molar-refractivity contribution is -0.406. The molecular formula is C33H39NO19. The Kier molecular flexibility index (Phi) is 12.1. The summed E-state index contributed by atoms with van der Waals surface area (Å²) >= 11 is 0. The van der Waals surface area contributed by atoms with Gasteiger partial charge in [0.2, 0.25) is 5.79 Å². The van der Waals surface area contributed by atoms with Gasteiger partial charge in [-0.05, 0) is 24.3 Å². The third kappa shape index (κ3) is 7.94. The number of rotatable bonds is 12. The van der Waals surface area contributed by atoms with E-state index in [2.05, 4.69) is 0 Å². The van der Waals surface area contributed by atoms with Gasteiger partial charge in [0, 0.05) is 47.1 Å². The van der Waals surface area contributed by atoms with Crippen LogP contribution in [0.25, 0.3) is 0 Å². The number of hydrogen-bond acceptors (Lipinski definition) is 19. The molecule has 2 aliphatic rings. The maximum absolute atomic E-state index is 13.4. The number of carbonyl (C=O) groups is 6. The smallest absolute Gasteiger partial charge is 0.320 e. The minimum absolute atomic E-state index is 0.234. The highest BCUT2D eigenvalue weighted by Gasteiger charge is 2.77. The molecule has 1 aromatic carbocycles. The quantitative estimate of drug-likeness (QED) is 0.135. The van der Waals surface area contributed by atoms with E-state index in [1.54, 1.807) is 0 Å². The van der Waals surface area contributed by atoms with Crippen molar-refractivity contribution >= 4 is 35.8 Å². The predicted octanol–water partition coefficient (Wildman–Crippen LogP) is -1.99. The molecule has 53 heavy (non-hydrogen) atoms. The summed E-state index contributed by atoms with van der Waals surface area (Å²) in [6.07, 6.45) is -16.1. The number of aromatic nitrogens is 1. The second kappa shape index (κ2) is 15.8. The number of hydrogen-bond donors (Lipinski definition) is 2. The van der Waals surface area contributed by atoms with Crippen LogP contribution in [0.1, 0.15) is 47.1 Å². The van der Waals surface area contributed by atoms with E-state index in [-0.39, 0.29) is 11.3 Å². The molecular weight excluding hydrogens is 714 g/mol.